The van der Waals surface area contributed by atoms with E-state index >= 15 is 0 Å². The Balaban J connectivity index is 1.52. The number of aliphatic hydroxyl groups excluding tert-OH is 3. The molecule has 0 spiro atoms. The molecule has 41 heavy (non-hydrogen) atoms. The third kappa shape index (κ3) is 6.43. The van der Waals surface area contributed by atoms with Crippen LogP contribution in [0.3, 0.4) is 0 Å². The molecule has 0 saturated carbocycles. The zero-order valence-corrected chi connectivity index (χ0v) is 22.9. The molecule has 3 aromatic rings. The Morgan fingerprint density at radius 2 is 1.44 bits per heavy atom. The van der Waals surface area contributed by atoms with Crippen LogP contribution in [0.1, 0.15) is 28.9 Å². The zero-order chi connectivity index (χ0) is 29.7. The number of rotatable bonds is 12. The number of carbonyl (C=O) groups is 1. The third-order valence-electron chi connectivity index (χ3n) is 7.23. The second-order valence-corrected chi connectivity index (χ2v) is 9.68. The van der Waals surface area contributed by atoms with Crippen molar-refractivity contribution in [3.63, 3.8) is 0 Å². The predicted molar refractivity (Wildman–Crippen MR) is 145 cm³/mol. The third-order valence-corrected chi connectivity index (χ3v) is 7.23. The standard InChI is InChI=1S/C30H34O11/c1-37-24-11-16(4-7-21(24)32)10-19-20(15-40-30(19)36)28(34)17-6-9-23(26(13-17)39-3)41-27(14-31)29(35)18-5-8-22(33)25(12-18)38-2/h4-9,11-13,19-20,27-29,31-35H,10,14-15H2,1-3H3/t19-,20+,27+,28+,29+/m1/s1. The van der Waals surface area contributed by atoms with Crippen LogP contribution in [-0.2, 0) is 16.0 Å². The van der Waals surface area contributed by atoms with E-state index in [1.165, 1.54) is 45.6 Å². The summed E-state index contributed by atoms with van der Waals surface area (Å²) in [5.41, 5.74) is 1.55. The maximum Gasteiger partial charge on any atom is 0.309 e. The predicted octanol–water partition coefficient (Wildman–Crippen LogP) is 2.66. The van der Waals surface area contributed by atoms with Crippen molar-refractivity contribution in [2.24, 2.45) is 11.8 Å². The number of phenols is 2. The van der Waals surface area contributed by atoms with Crippen molar-refractivity contribution >= 4 is 5.97 Å². The van der Waals surface area contributed by atoms with Gasteiger partial charge in [-0.3, -0.25) is 4.79 Å². The summed E-state index contributed by atoms with van der Waals surface area (Å²) in [6, 6.07) is 13.8. The molecular formula is C30H34O11. The van der Waals surface area contributed by atoms with E-state index in [1.54, 1.807) is 30.3 Å². The summed E-state index contributed by atoms with van der Waals surface area (Å²) < 4.78 is 26.9. The monoisotopic (exact) mass is 570 g/mol. The lowest BCUT2D eigenvalue weighted by molar-refractivity contribution is -0.141. The second-order valence-electron chi connectivity index (χ2n) is 9.68. The molecule has 1 heterocycles. The van der Waals surface area contributed by atoms with Crippen molar-refractivity contribution < 1.29 is 54.0 Å². The van der Waals surface area contributed by atoms with Gasteiger partial charge in [-0.2, -0.15) is 0 Å². The molecule has 1 saturated heterocycles. The summed E-state index contributed by atoms with van der Waals surface area (Å²) in [4.78, 5) is 12.6. The maximum absolute atomic E-state index is 12.6. The van der Waals surface area contributed by atoms with Crippen LogP contribution in [0.4, 0.5) is 0 Å². The number of cyclic esters (lactones) is 1. The zero-order valence-electron chi connectivity index (χ0n) is 22.9. The topological polar surface area (TPSA) is 164 Å². The summed E-state index contributed by atoms with van der Waals surface area (Å²) in [5.74, 6) is -0.866. The van der Waals surface area contributed by atoms with Gasteiger partial charge in [-0.15, -0.1) is 0 Å². The second kappa shape index (κ2) is 13.0. The Labute approximate surface area is 237 Å². The van der Waals surface area contributed by atoms with Crippen LogP contribution in [0.25, 0.3) is 0 Å². The van der Waals surface area contributed by atoms with Gasteiger partial charge < -0.3 is 49.2 Å². The average molecular weight is 571 g/mol. The molecule has 0 bridgehead atoms. The van der Waals surface area contributed by atoms with E-state index in [2.05, 4.69) is 0 Å². The SMILES string of the molecule is COc1cc(C[C@H]2C(=O)OC[C@@H]2[C@@H](O)c2ccc(O[C@@H](CO)[C@@H](O)c3ccc(O)c(OC)c3)c(OC)c2)ccc1O. The van der Waals surface area contributed by atoms with Gasteiger partial charge in [0.2, 0.25) is 0 Å². The van der Waals surface area contributed by atoms with Gasteiger partial charge in [0.25, 0.3) is 0 Å². The first-order chi connectivity index (χ1) is 19.7. The van der Waals surface area contributed by atoms with Gasteiger partial charge in [0.05, 0.1) is 46.6 Å². The Bertz CT molecular complexity index is 1360. The van der Waals surface area contributed by atoms with Gasteiger partial charge in [-0.1, -0.05) is 18.2 Å². The Morgan fingerprint density at radius 1 is 0.829 bits per heavy atom. The molecule has 1 aliphatic heterocycles. The number of ether oxygens (including phenoxy) is 5. The highest BCUT2D eigenvalue weighted by Crippen LogP contribution is 2.40. The molecule has 5 atom stereocenters. The highest BCUT2D eigenvalue weighted by Gasteiger charge is 2.42. The van der Waals surface area contributed by atoms with E-state index in [0.717, 1.165) is 5.56 Å². The van der Waals surface area contributed by atoms with Crippen LogP contribution in [0.2, 0.25) is 0 Å². The lowest BCUT2D eigenvalue weighted by Crippen LogP contribution is -2.29. The van der Waals surface area contributed by atoms with E-state index in [9.17, 15) is 30.3 Å². The minimum atomic E-state index is -1.27. The van der Waals surface area contributed by atoms with Crippen LogP contribution in [0.5, 0.6) is 34.5 Å². The normalized spacial score (nSPS) is 18.7. The summed E-state index contributed by atoms with van der Waals surface area (Å²) in [6.07, 6.45) is -3.18. The molecule has 220 valence electrons. The minimum Gasteiger partial charge on any atom is -0.504 e. The molecule has 0 aliphatic carbocycles. The molecule has 0 amide bonds. The van der Waals surface area contributed by atoms with Crippen molar-refractivity contribution in [2.75, 3.05) is 34.5 Å². The van der Waals surface area contributed by atoms with Crippen LogP contribution < -0.4 is 18.9 Å². The first kappa shape index (κ1) is 29.8. The van der Waals surface area contributed by atoms with Crippen molar-refractivity contribution in [2.45, 2.75) is 24.7 Å². The molecule has 1 fully saturated rings. The highest BCUT2D eigenvalue weighted by molar-refractivity contribution is 5.75. The Morgan fingerprint density at radius 3 is 2.10 bits per heavy atom. The van der Waals surface area contributed by atoms with Crippen LogP contribution in [-0.4, -0.2) is 72.1 Å². The van der Waals surface area contributed by atoms with Gasteiger partial charge in [0, 0.05) is 5.92 Å². The largest absolute Gasteiger partial charge is 0.504 e. The lowest BCUT2D eigenvalue weighted by Gasteiger charge is -2.25. The number of carbonyl (C=O) groups excluding carboxylic acids is 1. The molecule has 11 nitrogen and oxygen atoms in total. The van der Waals surface area contributed by atoms with Gasteiger partial charge >= 0.3 is 5.97 Å². The average Bonchev–Trinajstić information content (AvgIpc) is 3.35. The van der Waals surface area contributed by atoms with E-state index in [1.807, 2.05) is 0 Å². The van der Waals surface area contributed by atoms with Crippen molar-refractivity contribution in [1.29, 1.82) is 0 Å². The fourth-order valence-electron chi connectivity index (χ4n) is 4.90. The first-order valence-corrected chi connectivity index (χ1v) is 12.9. The molecule has 4 rings (SSSR count). The number of benzene rings is 3. The summed E-state index contributed by atoms with van der Waals surface area (Å²) in [6.45, 7) is -0.515. The summed E-state index contributed by atoms with van der Waals surface area (Å²) in [7, 11) is 4.23. The van der Waals surface area contributed by atoms with Gasteiger partial charge in [-0.05, 0) is 59.5 Å². The van der Waals surface area contributed by atoms with Crippen LogP contribution >= 0.6 is 0 Å². The van der Waals surface area contributed by atoms with Crippen LogP contribution in [0, 0.1) is 11.8 Å². The summed E-state index contributed by atoms with van der Waals surface area (Å²) in [5, 5.41) is 51.8. The molecule has 1 aliphatic rings. The number of phenolic OH excluding ortho intramolecular Hbond substituents is 2. The number of methoxy groups -OCH3 is 3. The quantitative estimate of drug-likeness (QED) is 0.203. The lowest BCUT2D eigenvalue weighted by atomic mass is 9.83. The molecule has 5 N–H and O–H groups in total. The molecule has 11 heteroatoms. The van der Waals surface area contributed by atoms with Crippen molar-refractivity contribution in [3.05, 3.63) is 71.3 Å². The van der Waals surface area contributed by atoms with Crippen LogP contribution in [0.15, 0.2) is 54.6 Å². The smallest absolute Gasteiger partial charge is 0.309 e. The fourth-order valence-corrected chi connectivity index (χ4v) is 4.90. The number of hydrogen-bond donors (Lipinski definition) is 5. The molecule has 0 radical (unpaired) electrons. The number of hydrogen-bond acceptors (Lipinski definition) is 11. The van der Waals surface area contributed by atoms with E-state index in [0.29, 0.717) is 11.1 Å². The number of aromatic hydroxyl groups is 2. The number of aliphatic hydroxyl groups is 3. The number of esters is 1. The van der Waals surface area contributed by atoms with Crippen molar-refractivity contribution in [3.8, 4) is 34.5 Å². The fraction of sp³-hybridized carbons (Fsp3) is 0.367. The highest BCUT2D eigenvalue weighted by atomic mass is 16.5. The van der Waals surface area contributed by atoms with Gasteiger partial charge in [0.1, 0.15) is 6.10 Å². The summed E-state index contributed by atoms with van der Waals surface area (Å²) >= 11 is 0. The minimum absolute atomic E-state index is 0.0185. The Hall–Kier alpha value is -4.19. The van der Waals surface area contributed by atoms with E-state index in [4.69, 9.17) is 23.7 Å². The van der Waals surface area contributed by atoms with E-state index in [-0.39, 0.29) is 47.5 Å². The molecular weight excluding hydrogens is 536 g/mol. The Kier molecular flexibility index (Phi) is 9.43. The maximum atomic E-state index is 12.6. The molecule has 3 aromatic carbocycles. The van der Waals surface area contributed by atoms with E-state index < -0.39 is 42.7 Å². The molecule has 0 unspecified atom stereocenters. The van der Waals surface area contributed by atoms with Gasteiger partial charge in [0.15, 0.2) is 40.6 Å². The first-order valence-electron chi connectivity index (χ1n) is 12.9. The molecule has 0 aromatic heterocycles. The van der Waals surface area contributed by atoms with Gasteiger partial charge in [-0.25, -0.2) is 0 Å². The van der Waals surface area contributed by atoms with Crippen molar-refractivity contribution in [1.82, 2.24) is 0 Å².